The van der Waals surface area contributed by atoms with Gasteiger partial charge in [0.1, 0.15) is 6.54 Å². The summed E-state index contributed by atoms with van der Waals surface area (Å²) in [5.74, 6) is -0.681. The van der Waals surface area contributed by atoms with E-state index in [1.807, 2.05) is 0 Å². The number of carbonyl (C=O) groups is 1. The third-order valence-electron chi connectivity index (χ3n) is 3.41. The Bertz CT molecular complexity index is 962. The van der Waals surface area contributed by atoms with E-state index in [2.05, 4.69) is 5.32 Å². The summed E-state index contributed by atoms with van der Waals surface area (Å²) in [6.45, 7) is 1.30. The van der Waals surface area contributed by atoms with Crippen LogP contribution in [0.2, 0.25) is 5.02 Å². The minimum absolute atomic E-state index is 0.0311. The normalized spacial score (nSPS) is 11.0. The third kappa shape index (κ3) is 4.93. The molecule has 0 unspecified atom stereocenters. The number of nitro benzene ring substituents is 1. The minimum Gasteiger partial charge on any atom is -0.323 e. The number of amides is 1. The number of halogens is 1. The first kappa shape index (κ1) is 19.7. The topological polar surface area (TPSA) is 110 Å². The fraction of sp³-hybridized carbons (Fsp3) is 0.188. The van der Waals surface area contributed by atoms with Crippen LogP contribution in [0.15, 0.2) is 42.5 Å². The molecule has 0 bridgehead atoms. The first-order chi connectivity index (χ1) is 12.1. The quantitative estimate of drug-likeness (QED) is 0.595. The van der Waals surface area contributed by atoms with E-state index in [1.165, 1.54) is 12.1 Å². The van der Waals surface area contributed by atoms with Crippen molar-refractivity contribution < 1.29 is 18.1 Å². The fourth-order valence-corrected chi connectivity index (χ4v) is 3.24. The molecular weight excluding hydrogens is 382 g/mol. The van der Waals surface area contributed by atoms with Gasteiger partial charge in [-0.15, -0.1) is 0 Å². The molecule has 26 heavy (non-hydrogen) atoms. The Morgan fingerprint density at radius 3 is 2.54 bits per heavy atom. The van der Waals surface area contributed by atoms with Gasteiger partial charge in [0, 0.05) is 12.1 Å². The van der Waals surface area contributed by atoms with Crippen LogP contribution >= 0.6 is 11.6 Å². The molecule has 10 heteroatoms. The number of aryl methyl sites for hydroxylation is 1. The SMILES string of the molecule is Cc1cccc(N(CC(=O)Nc2cc([N+](=O)[O-])ccc2Cl)S(C)(=O)=O)c1. The predicted octanol–water partition coefficient (Wildman–Crippen LogP) is 2.96. The summed E-state index contributed by atoms with van der Waals surface area (Å²) in [7, 11) is -3.72. The second kappa shape index (κ2) is 7.71. The number of nitrogens with zero attached hydrogens (tertiary/aromatic N) is 2. The molecule has 8 nitrogen and oxygen atoms in total. The van der Waals surface area contributed by atoms with Crippen molar-refractivity contribution in [2.24, 2.45) is 0 Å². The molecule has 1 amide bonds. The molecule has 0 saturated carbocycles. The van der Waals surface area contributed by atoms with Crippen LogP contribution in [-0.2, 0) is 14.8 Å². The Balaban J connectivity index is 2.26. The molecule has 0 fully saturated rings. The zero-order valence-corrected chi connectivity index (χ0v) is 15.5. The highest BCUT2D eigenvalue weighted by molar-refractivity contribution is 7.92. The number of anilines is 2. The van der Waals surface area contributed by atoms with Crippen molar-refractivity contribution >= 4 is 44.6 Å². The van der Waals surface area contributed by atoms with Gasteiger partial charge in [0.15, 0.2) is 0 Å². The summed E-state index contributed by atoms with van der Waals surface area (Å²) in [4.78, 5) is 22.5. The molecule has 1 N–H and O–H groups in total. The fourth-order valence-electron chi connectivity index (χ4n) is 2.23. The summed E-state index contributed by atoms with van der Waals surface area (Å²) < 4.78 is 25.1. The van der Waals surface area contributed by atoms with Crippen molar-refractivity contribution in [1.82, 2.24) is 0 Å². The van der Waals surface area contributed by atoms with E-state index in [1.54, 1.807) is 31.2 Å². The van der Waals surface area contributed by atoms with Gasteiger partial charge in [-0.1, -0.05) is 23.7 Å². The molecule has 0 saturated heterocycles. The van der Waals surface area contributed by atoms with Crippen molar-refractivity contribution in [2.75, 3.05) is 22.4 Å². The average molecular weight is 398 g/mol. The number of hydrogen-bond donors (Lipinski definition) is 1. The molecule has 138 valence electrons. The molecule has 0 aromatic heterocycles. The second-order valence-electron chi connectivity index (χ2n) is 5.58. The lowest BCUT2D eigenvalue weighted by atomic mass is 10.2. The number of hydrogen-bond acceptors (Lipinski definition) is 5. The van der Waals surface area contributed by atoms with Gasteiger partial charge in [-0.05, 0) is 30.7 Å². The summed E-state index contributed by atoms with van der Waals surface area (Å²) in [6.07, 6.45) is 0.989. The summed E-state index contributed by atoms with van der Waals surface area (Å²) >= 11 is 5.94. The Labute approximate surface area is 155 Å². The molecular formula is C16H16ClN3O5S. The van der Waals surface area contributed by atoms with Crippen molar-refractivity contribution in [3.05, 3.63) is 63.2 Å². The number of nitro groups is 1. The Morgan fingerprint density at radius 2 is 1.96 bits per heavy atom. The first-order valence-corrected chi connectivity index (χ1v) is 9.59. The minimum atomic E-state index is -3.72. The molecule has 0 aliphatic heterocycles. The standard InChI is InChI=1S/C16H16ClN3O5S/c1-11-4-3-5-12(8-11)19(26(2,24)25)10-16(21)18-15-9-13(20(22)23)6-7-14(15)17/h3-9H,10H2,1-2H3,(H,18,21). The van der Waals surface area contributed by atoms with Gasteiger partial charge in [-0.2, -0.15) is 0 Å². The van der Waals surface area contributed by atoms with Gasteiger partial charge in [0.05, 0.1) is 27.6 Å². The molecule has 0 heterocycles. The van der Waals surface area contributed by atoms with Crippen LogP contribution in [0.3, 0.4) is 0 Å². The molecule has 0 atom stereocenters. The molecule has 0 aliphatic carbocycles. The van der Waals surface area contributed by atoms with E-state index in [-0.39, 0.29) is 16.4 Å². The maximum absolute atomic E-state index is 12.3. The highest BCUT2D eigenvalue weighted by atomic mass is 35.5. The molecule has 0 aliphatic rings. The van der Waals surface area contributed by atoms with Gasteiger partial charge in [-0.25, -0.2) is 8.42 Å². The van der Waals surface area contributed by atoms with Crippen LogP contribution in [0.25, 0.3) is 0 Å². The van der Waals surface area contributed by atoms with Crippen LogP contribution < -0.4 is 9.62 Å². The van der Waals surface area contributed by atoms with Crippen LogP contribution in [0, 0.1) is 17.0 Å². The monoisotopic (exact) mass is 397 g/mol. The number of carbonyl (C=O) groups excluding carboxylic acids is 1. The van der Waals surface area contributed by atoms with Crippen molar-refractivity contribution in [3.8, 4) is 0 Å². The zero-order chi connectivity index (χ0) is 19.5. The van der Waals surface area contributed by atoms with E-state index in [0.717, 1.165) is 22.2 Å². The number of sulfonamides is 1. The number of rotatable bonds is 6. The Morgan fingerprint density at radius 1 is 1.27 bits per heavy atom. The van der Waals surface area contributed by atoms with Gasteiger partial charge in [0.25, 0.3) is 5.69 Å². The summed E-state index contributed by atoms with van der Waals surface area (Å²) in [5.41, 5.74) is 0.956. The maximum atomic E-state index is 12.3. The van der Waals surface area contributed by atoms with E-state index >= 15 is 0 Å². The van der Waals surface area contributed by atoms with Crippen LogP contribution in [0.4, 0.5) is 17.1 Å². The lowest BCUT2D eigenvalue weighted by molar-refractivity contribution is -0.384. The lowest BCUT2D eigenvalue weighted by Gasteiger charge is -2.22. The zero-order valence-electron chi connectivity index (χ0n) is 14.0. The molecule has 0 radical (unpaired) electrons. The van der Waals surface area contributed by atoms with Crippen molar-refractivity contribution in [2.45, 2.75) is 6.92 Å². The highest BCUT2D eigenvalue weighted by Gasteiger charge is 2.22. The van der Waals surface area contributed by atoms with Crippen LogP contribution in [-0.4, -0.2) is 32.0 Å². The Hall–Kier alpha value is -2.65. The average Bonchev–Trinajstić information content (AvgIpc) is 2.53. The second-order valence-corrected chi connectivity index (χ2v) is 7.89. The van der Waals surface area contributed by atoms with E-state index in [0.29, 0.717) is 5.69 Å². The van der Waals surface area contributed by atoms with Gasteiger partial charge >= 0.3 is 0 Å². The number of benzene rings is 2. The molecule has 2 rings (SSSR count). The first-order valence-electron chi connectivity index (χ1n) is 7.36. The molecule has 0 spiro atoms. The lowest BCUT2D eigenvalue weighted by Crippen LogP contribution is -2.37. The highest BCUT2D eigenvalue weighted by Crippen LogP contribution is 2.27. The molecule has 2 aromatic carbocycles. The van der Waals surface area contributed by atoms with Gasteiger partial charge in [-0.3, -0.25) is 19.2 Å². The summed E-state index contributed by atoms with van der Waals surface area (Å²) in [6, 6.07) is 10.3. The van der Waals surface area contributed by atoms with E-state index in [9.17, 15) is 23.3 Å². The number of nitrogens with one attached hydrogen (secondary N) is 1. The van der Waals surface area contributed by atoms with Crippen molar-refractivity contribution in [3.63, 3.8) is 0 Å². The van der Waals surface area contributed by atoms with Crippen molar-refractivity contribution in [1.29, 1.82) is 0 Å². The van der Waals surface area contributed by atoms with Crippen LogP contribution in [0.1, 0.15) is 5.56 Å². The smallest absolute Gasteiger partial charge is 0.271 e. The Kier molecular flexibility index (Phi) is 5.83. The summed E-state index contributed by atoms with van der Waals surface area (Å²) in [5, 5.41) is 13.4. The predicted molar refractivity (Wildman–Crippen MR) is 100 cm³/mol. The van der Waals surface area contributed by atoms with Crippen LogP contribution in [0.5, 0.6) is 0 Å². The maximum Gasteiger partial charge on any atom is 0.271 e. The number of non-ortho nitro benzene ring substituents is 1. The largest absolute Gasteiger partial charge is 0.323 e. The third-order valence-corrected chi connectivity index (χ3v) is 4.88. The van der Waals surface area contributed by atoms with Gasteiger partial charge in [0.2, 0.25) is 15.9 Å². The molecule has 2 aromatic rings. The van der Waals surface area contributed by atoms with E-state index < -0.39 is 27.4 Å². The van der Waals surface area contributed by atoms with E-state index in [4.69, 9.17) is 11.6 Å². The van der Waals surface area contributed by atoms with Gasteiger partial charge < -0.3 is 5.32 Å².